The number of piperidine rings is 1. The van der Waals surface area contributed by atoms with E-state index in [0.29, 0.717) is 31.5 Å². The van der Waals surface area contributed by atoms with Gasteiger partial charge in [-0.3, -0.25) is 9.59 Å². The van der Waals surface area contributed by atoms with Crippen LogP contribution in [0.2, 0.25) is 0 Å². The lowest BCUT2D eigenvalue weighted by Crippen LogP contribution is -2.42. The number of hydrogen-bond acceptors (Lipinski definition) is 7. The quantitative estimate of drug-likeness (QED) is 0.407. The number of benzene rings is 1. The van der Waals surface area contributed by atoms with Crippen LogP contribution in [0.15, 0.2) is 29.8 Å². The van der Waals surface area contributed by atoms with Crippen LogP contribution in [0.5, 0.6) is 0 Å². The van der Waals surface area contributed by atoms with E-state index in [2.05, 4.69) is 0 Å². The number of esters is 2. The summed E-state index contributed by atoms with van der Waals surface area (Å²) in [6.07, 6.45) is 2.45. The van der Waals surface area contributed by atoms with Crippen LogP contribution < -0.4 is 4.90 Å². The Balaban J connectivity index is 1.89. The van der Waals surface area contributed by atoms with Crippen molar-refractivity contribution in [3.63, 3.8) is 0 Å². The monoisotopic (exact) mass is 399 g/mol. The first kappa shape index (κ1) is 22.0. The molecule has 0 bridgehead atoms. The van der Waals surface area contributed by atoms with Crippen molar-refractivity contribution < 1.29 is 23.9 Å². The third-order valence-corrected chi connectivity index (χ3v) is 4.77. The Bertz CT molecular complexity index is 816. The molecule has 1 aliphatic rings. The molecule has 0 saturated carbocycles. The van der Waals surface area contributed by atoms with Gasteiger partial charge in [-0.15, -0.1) is 0 Å². The third kappa shape index (κ3) is 6.07. The molecule has 1 saturated heterocycles. The highest BCUT2D eigenvalue weighted by Gasteiger charge is 2.28. The lowest BCUT2D eigenvalue weighted by atomic mass is 9.97. The van der Waals surface area contributed by atoms with Crippen LogP contribution in [-0.4, -0.2) is 63.6 Å². The summed E-state index contributed by atoms with van der Waals surface area (Å²) in [4.78, 5) is 39.4. The number of carbonyl (C=O) groups excluding carboxylic acids is 3. The molecular weight excluding hydrogens is 374 g/mol. The average Bonchev–Trinajstić information content (AvgIpc) is 2.75. The van der Waals surface area contributed by atoms with E-state index >= 15 is 0 Å². The van der Waals surface area contributed by atoms with Gasteiger partial charge in [-0.25, -0.2) is 4.79 Å². The summed E-state index contributed by atoms with van der Waals surface area (Å²) in [5.41, 5.74) is 1.49. The van der Waals surface area contributed by atoms with Gasteiger partial charge in [-0.1, -0.05) is 12.1 Å². The highest BCUT2D eigenvalue weighted by molar-refractivity contribution is 5.98. The topological polar surface area (TPSA) is 99.9 Å². The van der Waals surface area contributed by atoms with Crippen molar-refractivity contribution in [3.05, 3.63) is 35.4 Å². The van der Waals surface area contributed by atoms with Gasteiger partial charge in [0.15, 0.2) is 6.61 Å². The Labute approximate surface area is 170 Å². The highest BCUT2D eigenvalue weighted by atomic mass is 16.5. The van der Waals surface area contributed by atoms with Crippen molar-refractivity contribution in [3.8, 4) is 6.07 Å². The number of hydrogen-bond donors (Lipinski definition) is 0. The second-order valence-corrected chi connectivity index (χ2v) is 6.91. The summed E-state index contributed by atoms with van der Waals surface area (Å²) < 4.78 is 9.74. The molecule has 0 aliphatic carbocycles. The van der Waals surface area contributed by atoms with Crippen LogP contribution in [0.3, 0.4) is 0 Å². The SMILES string of the molecule is COC(=O)C1CCN(C(=O)COC(=O)/C(C#N)=C/c2ccc(N(C)C)cc2)CC1. The number of nitrogens with zero attached hydrogens (tertiary/aromatic N) is 3. The molecule has 154 valence electrons. The number of methoxy groups -OCH3 is 1. The highest BCUT2D eigenvalue weighted by Crippen LogP contribution is 2.19. The molecule has 8 nitrogen and oxygen atoms in total. The van der Waals surface area contributed by atoms with Crippen molar-refractivity contribution in [2.24, 2.45) is 5.92 Å². The Kier molecular flexibility index (Phi) is 7.78. The van der Waals surface area contributed by atoms with E-state index in [-0.39, 0.29) is 23.4 Å². The van der Waals surface area contributed by atoms with Crippen molar-refractivity contribution >= 4 is 29.6 Å². The zero-order valence-electron chi connectivity index (χ0n) is 16.9. The molecule has 1 aliphatic heterocycles. The smallest absolute Gasteiger partial charge is 0.349 e. The van der Waals surface area contributed by atoms with Gasteiger partial charge in [-0.05, 0) is 36.6 Å². The summed E-state index contributed by atoms with van der Waals surface area (Å²) in [5.74, 6) is -1.68. The van der Waals surface area contributed by atoms with E-state index < -0.39 is 12.6 Å². The minimum absolute atomic E-state index is 0.181. The van der Waals surface area contributed by atoms with Crippen LogP contribution in [-0.2, 0) is 23.9 Å². The number of anilines is 1. The molecule has 2 rings (SSSR count). The maximum atomic E-state index is 12.2. The fourth-order valence-electron chi connectivity index (χ4n) is 3.00. The van der Waals surface area contributed by atoms with Gasteiger partial charge >= 0.3 is 11.9 Å². The van der Waals surface area contributed by atoms with E-state index in [1.54, 1.807) is 17.0 Å². The first-order valence-corrected chi connectivity index (χ1v) is 9.27. The molecule has 0 spiro atoms. The molecule has 0 unspecified atom stereocenters. The number of amides is 1. The second kappa shape index (κ2) is 10.3. The maximum absolute atomic E-state index is 12.2. The number of nitriles is 1. The molecule has 1 aromatic rings. The van der Waals surface area contributed by atoms with E-state index in [0.717, 1.165) is 5.69 Å². The summed E-state index contributed by atoms with van der Waals surface area (Å²) in [6.45, 7) is 0.352. The Hall–Kier alpha value is -3.34. The summed E-state index contributed by atoms with van der Waals surface area (Å²) in [6, 6.07) is 9.13. The first-order chi connectivity index (χ1) is 13.8. The molecule has 0 N–H and O–H groups in total. The van der Waals surface area contributed by atoms with Crippen molar-refractivity contribution in [2.75, 3.05) is 45.8 Å². The largest absolute Gasteiger partial charge is 0.469 e. The molecule has 29 heavy (non-hydrogen) atoms. The molecule has 0 aromatic heterocycles. The number of carbonyl (C=O) groups is 3. The molecule has 0 atom stereocenters. The van der Waals surface area contributed by atoms with Crippen LogP contribution in [0.1, 0.15) is 18.4 Å². The van der Waals surface area contributed by atoms with Gasteiger partial charge < -0.3 is 19.3 Å². The van der Waals surface area contributed by atoms with E-state index in [4.69, 9.17) is 9.47 Å². The number of likely N-dealkylation sites (tertiary alicyclic amines) is 1. The van der Waals surface area contributed by atoms with Crippen molar-refractivity contribution in [1.82, 2.24) is 4.90 Å². The third-order valence-electron chi connectivity index (χ3n) is 4.77. The van der Waals surface area contributed by atoms with Gasteiger partial charge in [0, 0.05) is 32.9 Å². The zero-order valence-corrected chi connectivity index (χ0v) is 16.9. The van der Waals surface area contributed by atoms with Gasteiger partial charge in [0.2, 0.25) is 0 Å². The van der Waals surface area contributed by atoms with Crippen LogP contribution in [0.4, 0.5) is 5.69 Å². The van der Waals surface area contributed by atoms with Crippen LogP contribution in [0.25, 0.3) is 6.08 Å². The Morgan fingerprint density at radius 1 is 1.21 bits per heavy atom. The standard InChI is InChI=1S/C21H25N3O5/c1-23(2)18-6-4-15(5-7-18)12-17(13-22)21(27)29-14-19(25)24-10-8-16(9-11-24)20(26)28-3/h4-7,12,16H,8-11,14H2,1-3H3/b17-12+. The first-order valence-electron chi connectivity index (χ1n) is 9.27. The molecule has 8 heteroatoms. The second-order valence-electron chi connectivity index (χ2n) is 6.91. The van der Waals surface area contributed by atoms with Gasteiger partial charge in [0.05, 0.1) is 13.0 Å². The molecule has 1 fully saturated rings. The fraction of sp³-hybridized carbons (Fsp3) is 0.429. The number of rotatable bonds is 6. The van der Waals surface area contributed by atoms with Crippen LogP contribution >= 0.6 is 0 Å². The van der Waals surface area contributed by atoms with E-state index in [9.17, 15) is 19.6 Å². The minimum atomic E-state index is -0.845. The molecule has 1 amide bonds. The Morgan fingerprint density at radius 2 is 1.83 bits per heavy atom. The molecule has 1 aromatic carbocycles. The van der Waals surface area contributed by atoms with Crippen molar-refractivity contribution in [2.45, 2.75) is 12.8 Å². The lowest BCUT2D eigenvalue weighted by Gasteiger charge is -2.30. The van der Waals surface area contributed by atoms with Crippen LogP contribution in [0, 0.1) is 17.2 Å². The van der Waals surface area contributed by atoms with Gasteiger partial charge in [0.25, 0.3) is 5.91 Å². The zero-order chi connectivity index (χ0) is 21.4. The summed E-state index contributed by atoms with van der Waals surface area (Å²) in [7, 11) is 5.17. The fourth-order valence-corrected chi connectivity index (χ4v) is 3.00. The number of ether oxygens (including phenoxy) is 2. The maximum Gasteiger partial charge on any atom is 0.349 e. The Morgan fingerprint density at radius 3 is 2.34 bits per heavy atom. The molecular formula is C21H25N3O5. The molecule has 1 heterocycles. The predicted molar refractivity (Wildman–Crippen MR) is 107 cm³/mol. The van der Waals surface area contributed by atoms with E-state index in [1.165, 1.54) is 13.2 Å². The normalized spacial score (nSPS) is 14.7. The minimum Gasteiger partial charge on any atom is -0.469 e. The van der Waals surface area contributed by atoms with Gasteiger partial charge in [-0.2, -0.15) is 5.26 Å². The van der Waals surface area contributed by atoms with Crippen molar-refractivity contribution in [1.29, 1.82) is 5.26 Å². The lowest BCUT2D eigenvalue weighted by molar-refractivity contribution is -0.152. The van der Waals surface area contributed by atoms with E-state index in [1.807, 2.05) is 37.2 Å². The average molecular weight is 399 g/mol. The summed E-state index contributed by atoms with van der Waals surface area (Å²) in [5, 5.41) is 9.25. The van der Waals surface area contributed by atoms with Gasteiger partial charge in [0.1, 0.15) is 11.6 Å². The molecule has 0 radical (unpaired) electrons. The predicted octanol–water partition coefficient (Wildman–Crippen LogP) is 1.61. The summed E-state index contributed by atoms with van der Waals surface area (Å²) >= 11 is 0.